The van der Waals surface area contributed by atoms with Gasteiger partial charge < -0.3 is 10.1 Å². The van der Waals surface area contributed by atoms with E-state index < -0.39 is 0 Å². The van der Waals surface area contributed by atoms with Crippen LogP contribution in [0, 0.1) is 6.92 Å². The molecule has 0 saturated heterocycles. The molecule has 1 aromatic heterocycles. The lowest BCUT2D eigenvalue weighted by Gasteiger charge is -2.32. The second-order valence-corrected chi connectivity index (χ2v) is 8.03. The van der Waals surface area contributed by atoms with E-state index in [2.05, 4.69) is 39.1 Å². The minimum absolute atomic E-state index is 0.0274. The SMILES string of the molecule is COc1ccccc1NC(=O)CN1C(c2ccc(C)cc2)=CC(c2ccccc2)n2nnnc21. The topological polar surface area (TPSA) is 85.2 Å². The number of nitrogens with one attached hydrogen (secondary N) is 1. The number of para-hydroxylation sites is 2. The number of rotatable bonds is 6. The lowest BCUT2D eigenvalue weighted by Crippen LogP contribution is -2.37. The predicted molar refractivity (Wildman–Crippen MR) is 131 cm³/mol. The Bertz CT molecular complexity index is 1330. The molecule has 0 spiro atoms. The number of nitrogens with zero attached hydrogens (tertiary/aromatic N) is 5. The normalized spacial score (nSPS) is 14.8. The van der Waals surface area contributed by atoms with E-state index in [1.165, 1.54) is 0 Å². The summed E-state index contributed by atoms with van der Waals surface area (Å²) in [7, 11) is 1.58. The summed E-state index contributed by atoms with van der Waals surface area (Å²) in [4.78, 5) is 15.0. The Morgan fingerprint density at radius 2 is 1.74 bits per heavy atom. The molecule has 0 saturated carbocycles. The Morgan fingerprint density at radius 1 is 1.00 bits per heavy atom. The summed E-state index contributed by atoms with van der Waals surface area (Å²) in [5.74, 6) is 0.884. The summed E-state index contributed by atoms with van der Waals surface area (Å²) in [6.45, 7) is 2.07. The smallest absolute Gasteiger partial charge is 0.251 e. The van der Waals surface area contributed by atoms with Crippen molar-refractivity contribution in [3.05, 3.63) is 102 Å². The molecule has 4 aromatic rings. The molecular weight excluding hydrogens is 428 g/mol. The summed E-state index contributed by atoms with van der Waals surface area (Å²) >= 11 is 0. The molecule has 1 aliphatic rings. The van der Waals surface area contributed by atoms with Gasteiger partial charge in [0.15, 0.2) is 0 Å². The van der Waals surface area contributed by atoms with Crippen LogP contribution >= 0.6 is 0 Å². The molecule has 1 atom stereocenters. The predicted octanol–water partition coefficient (Wildman–Crippen LogP) is 4.08. The van der Waals surface area contributed by atoms with E-state index in [0.29, 0.717) is 17.4 Å². The van der Waals surface area contributed by atoms with E-state index in [1.807, 2.05) is 66.4 Å². The lowest BCUT2D eigenvalue weighted by molar-refractivity contribution is -0.114. The minimum Gasteiger partial charge on any atom is -0.495 e. The van der Waals surface area contributed by atoms with Crippen LogP contribution in [0.5, 0.6) is 5.75 Å². The van der Waals surface area contributed by atoms with E-state index in [1.54, 1.807) is 23.9 Å². The monoisotopic (exact) mass is 452 g/mol. The van der Waals surface area contributed by atoms with Gasteiger partial charge in [0.2, 0.25) is 5.91 Å². The van der Waals surface area contributed by atoms with Crippen molar-refractivity contribution in [3.8, 4) is 5.75 Å². The van der Waals surface area contributed by atoms with Crippen LogP contribution in [0.25, 0.3) is 5.70 Å². The van der Waals surface area contributed by atoms with Crippen molar-refractivity contribution in [1.29, 1.82) is 0 Å². The van der Waals surface area contributed by atoms with Gasteiger partial charge in [-0.3, -0.25) is 9.69 Å². The standard InChI is InChI=1S/C26H24N6O2/c1-18-12-14-20(15-13-18)22-16-23(19-8-4-3-5-9-19)32-26(28-29-30-32)31(22)17-25(33)27-21-10-6-7-11-24(21)34-2/h3-16,23H,17H2,1-2H3,(H,27,33). The van der Waals surface area contributed by atoms with Crippen LogP contribution in [-0.2, 0) is 4.79 Å². The number of carbonyl (C=O) groups excluding carboxylic acids is 1. The third-order valence-corrected chi connectivity index (χ3v) is 5.76. The number of amides is 1. The first-order valence-corrected chi connectivity index (χ1v) is 11.0. The average molecular weight is 453 g/mol. The summed E-state index contributed by atoms with van der Waals surface area (Å²) < 4.78 is 7.11. The number of aromatic nitrogens is 4. The highest BCUT2D eigenvalue weighted by Gasteiger charge is 2.32. The second-order valence-electron chi connectivity index (χ2n) is 8.03. The first-order valence-electron chi connectivity index (χ1n) is 11.0. The van der Waals surface area contributed by atoms with E-state index in [0.717, 1.165) is 22.4 Å². The molecule has 8 nitrogen and oxygen atoms in total. The fourth-order valence-corrected chi connectivity index (χ4v) is 4.07. The van der Waals surface area contributed by atoms with Crippen molar-refractivity contribution in [2.45, 2.75) is 13.0 Å². The van der Waals surface area contributed by atoms with Gasteiger partial charge in [0.05, 0.1) is 18.5 Å². The summed E-state index contributed by atoms with van der Waals surface area (Å²) in [5.41, 5.74) is 4.66. The van der Waals surface area contributed by atoms with Crippen LogP contribution < -0.4 is 15.0 Å². The molecule has 2 heterocycles. The Morgan fingerprint density at radius 3 is 2.50 bits per heavy atom. The molecule has 1 N–H and O–H groups in total. The van der Waals surface area contributed by atoms with Crippen molar-refractivity contribution in [2.75, 3.05) is 23.9 Å². The summed E-state index contributed by atoms with van der Waals surface area (Å²) in [6, 6.07) is 25.4. The number of hydrogen-bond acceptors (Lipinski definition) is 6. The highest BCUT2D eigenvalue weighted by Crippen LogP contribution is 2.36. The van der Waals surface area contributed by atoms with Crippen molar-refractivity contribution < 1.29 is 9.53 Å². The molecule has 1 aliphatic heterocycles. The van der Waals surface area contributed by atoms with Crippen molar-refractivity contribution >= 4 is 23.2 Å². The third kappa shape index (κ3) is 4.13. The molecule has 34 heavy (non-hydrogen) atoms. The highest BCUT2D eigenvalue weighted by molar-refractivity contribution is 5.98. The number of tetrazole rings is 1. The van der Waals surface area contributed by atoms with Crippen LogP contribution in [0.1, 0.15) is 22.7 Å². The molecule has 1 amide bonds. The number of fused-ring (bicyclic) bond motifs is 1. The Labute approximate surface area is 197 Å². The van der Waals surface area contributed by atoms with Crippen LogP contribution in [0.4, 0.5) is 11.6 Å². The van der Waals surface area contributed by atoms with Crippen molar-refractivity contribution in [2.24, 2.45) is 0 Å². The number of aryl methyl sites for hydroxylation is 1. The number of methoxy groups -OCH3 is 1. The van der Waals surface area contributed by atoms with Crippen LogP contribution in [0.15, 0.2) is 84.9 Å². The quantitative estimate of drug-likeness (QED) is 0.475. The van der Waals surface area contributed by atoms with Gasteiger partial charge in [-0.25, -0.2) is 0 Å². The second kappa shape index (κ2) is 9.19. The maximum absolute atomic E-state index is 13.1. The molecule has 170 valence electrons. The van der Waals surface area contributed by atoms with Crippen molar-refractivity contribution in [3.63, 3.8) is 0 Å². The lowest BCUT2D eigenvalue weighted by atomic mass is 10.00. The maximum Gasteiger partial charge on any atom is 0.251 e. The largest absolute Gasteiger partial charge is 0.495 e. The summed E-state index contributed by atoms with van der Waals surface area (Å²) in [5, 5.41) is 15.4. The Hall–Kier alpha value is -4.46. The fraction of sp³-hybridized carbons (Fsp3) is 0.154. The number of anilines is 2. The molecule has 8 heteroatoms. The zero-order valence-corrected chi connectivity index (χ0v) is 18.9. The molecule has 5 rings (SSSR count). The molecular formula is C26H24N6O2. The van der Waals surface area contributed by atoms with E-state index in [9.17, 15) is 4.79 Å². The van der Waals surface area contributed by atoms with E-state index >= 15 is 0 Å². The minimum atomic E-state index is -0.213. The van der Waals surface area contributed by atoms with Gasteiger partial charge in [0.25, 0.3) is 5.95 Å². The molecule has 0 fully saturated rings. The average Bonchev–Trinajstić information content (AvgIpc) is 3.36. The van der Waals surface area contributed by atoms with Gasteiger partial charge in [0.1, 0.15) is 18.3 Å². The van der Waals surface area contributed by atoms with Gasteiger partial charge in [-0.05, 0) is 46.7 Å². The molecule has 0 radical (unpaired) electrons. The number of carbonyl (C=O) groups is 1. The number of ether oxygens (including phenoxy) is 1. The number of benzene rings is 3. The van der Waals surface area contributed by atoms with Crippen LogP contribution in [0.3, 0.4) is 0 Å². The molecule has 3 aromatic carbocycles. The van der Waals surface area contributed by atoms with Crippen LogP contribution in [-0.4, -0.2) is 39.8 Å². The fourth-order valence-electron chi connectivity index (χ4n) is 4.07. The molecule has 1 unspecified atom stereocenters. The first kappa shape index (κ1) is 21.4. The van der Waals surface area contributed by atoms with Gasteiger partial charge in [-0.2, -0.15) is 4.68 Å². The Balaban J connectivity index is 1.53. The van der Waals surface area contributed by atoms with Gasteiger partial charge in [0, 0.05) is 0 Å². The van der Waals surface area contributed by atoms with Gasteiger partial charge in [-0.1, -0.05) is 77.4 Å². The maximum atomic E-state index is 13.1. The van der Waals surface area contributed by atoms with Crippen LogP contribution in [0.2, 0.25) is 0 Å². The van der Waals surface area contributed by atoms with Gasteiger partial charge >= 0.3 is 0 Å². The zero-order valence-electron chi connectivity index (χ0n) is 18.9. The Kier molecular flexibility index (Phi) is 5.78. The highest BCUT2D eigenvalue weighted by atomic mass is 16.5. The number of allylic oxidation sites excluding steroid dienone is 1. The molecule has 0 bridgehead atoms. The number of hydrogen-bond donors (Lipinski definition) is 1. The molecule has 0 aliphatic carbocycles. The first-order chi connectivity index (χ1) is 16.6. The van der Waals surface area contributed by atoms with E-state index in [-0.39, 0.29) is 18.5 Å². The van der Waals surface area contributed by atoms with Crippen molar-refractivity contribution in [1.82, 2.24) is 20.2 Å². The third-order valence-electron chi connectivity index (χ3n) is 5.76. The van der Waals surface area contributed by atoms with E-state index in [4.69, 9.17) is 4.74 Å². The summed E-state index contributed by atoms with van der Waals surface area (Å²) in [6.07, 6.45) is 2.10. The zero-order chi connectivity index (χ0) is 23.5. The van der Waals surface area contributed by atoms with Gasteiger partial charge in [-0.15, -0.1) is 0 Å².